The second kappa shape index (κ2) is 8.36. The first-order valence-electron chi connectivity index (χ1n) is 7.47. The quantitative estimate of drug-likeness (QED) is 0.540. The molecule has 10 heteroatoms. The summed E-state index contributed by atoms with van der Waals surface area (Å²) in [4.78, 5) is 23.5. The number of halogens is 5. The maximum Gasteiger partial charge on any atom is 0.416 e. The largest absolute Gasteiger partial charge is 0.416 e. The van der Waals surface area contributed by atoms with Crippen LogP contribution < -0.4 is 10.6 Å². The van der Waals surface area contributed by atoms with Crippen molar-refractivity contribution >= 4 is 29.1 Å². The lowest BCUT2D eigenvalue weighted by Gasteiger charge is -2.13. The minimum absolute atomic E-state index is 0.0878. The highest BCUT2D eigenvalue weighted by Gasteiger charge is 2.30. The van der Waals surface area contributed by atoms with Crippen molar-refractivity contribution in [2.45, 2.75) is 12.3 Å². The van der Waals surface area contributed by atoms with Crippen LogP contribution >= 0.6 is 11.6 Å². The van der Waals surface area contributed by atoms with Crippen LogP contribution in [0.2, 0.25) is 5.02 Å². The summed E-state index contributed by atoms with van der Waals surface area (Å²) >= 11 is 5.56. The van der Waals surface area contributed by atoms with Gasteiger partial charge in [-0.3, -0.25) is 9.59 Å². The van der Waals surface area contributed by atoms with Gasteiger partial charge in [-0.25, -0.2) is 4.39 Å². The zero-order valence-electron chi connectivity index (χ0n) is 13.5. The smallest absolute Gasteiger partial charge is 0.387 e. The van der Waals surface area contributed by atoms with Gasteiger partial charge in [-0.2, -0.15) is 13.2 Å². The van der Waals surface area contributed by atoms with Crippen molar-refractivity contribution in [1.82, 2.24) is 5.32 Å². The van der Waals surface area contributed by atoms with Gasteiger partial charge in [-0.1, -0.05) is 23.7 Å². The molecule has 0 spiro atoms. The van der Waals surface area contributed by atoms with Crippen molar-refractivity contribution in [2.75, 3.05) is 11.9 Å². The van der Waals surface area contributed by atoms with E-state index in [4.69, 9.17) is 11.6 Å². The predicted octanol–water partition coefficient (Wildman–Crippen LogP) is 3.29. The van der Waals surface area contributed by atoms with Gasteiger partial charge in [-0.05, 0) is 35.9 Å². The Labute approximate surface area is 155 Å². The molecule has 0 radical (unpaired) electrons. The Kier molecular flexibility index (Phi) is 6.40. The third-order valence-electron chi connectivity index (χ3n) is 3.46. The lowest BCUT2D eigenvalue weighted by Crippen LogP contribution is -2.37. The molecule has 1 atom stereocenters. The SMILES string of the molecule is O=C(NCC(O)c1ccc(C(F)(F)F)cc1)C(=O)Nc1ccc(F)c(Cl)c1. The second-order valence-electron chi connectivity index (χ2n) is 5.43. The highest BCUT2D eigenvalue weighted by atomic mass is 35.5. The molecule has 2 rings (SSSR count). The molecule has 0 aromatic heterocycles. The lowest BCUT2D eigenvalue weighted by molar-refractivity contribution is -0.137. The first-order chi connectivity index (χ1) is 12.6. The molecule has 144 valence electrons. The fraction of sp³-hybridized carbons (Fsp3) is 0.176. The zero-order valence-corrected chi connectivity index (χ0v) is 14.2. The average Bonchev–Trinajstić information content (AvgIpc) is 2.61. The summed E-state index contributed by atoms with van der Waals surface area (Å²) in [6.07, 6.45) is -5.82. The van der Waals surface area contributed by atoms with Gasteiger partial charge in [0.1, 0.15) is 5.82 Å². The van der Waals surface area contributed by atoms with E-state index in [0.717, 1.165) is 36.4 Å². The van der Waals surface area contributed by atoms with E-state index in [1.807, 2.05) is 0 Å². The molecule has 0 fully saturated rings. The van der Waals surface area contributed by atoms with Crippen LogP contribution in [0.4, 0.5) is 23.2 Å². The Morgan fingerprint density at radius 1 is 1.07 bits per heavy atom. The molecule has 3 N–H and O–H groups in total. The number of hydrogen-bond acceptors (Lipinski definition) is 3. The summed E-state index contributed by atoms with van der Waals surface area (Å²) in [6.45, 7) is -0.401. The number of carbonyl (C=O) groups is 2. The van der Waals surface area contributed by atoms with Gasteiger partial charge in [-0.15, -0.1) is 0 Å². The van der Waals surface area contributed by atoms with Crippen molar-refractivity contribution in [3.63, 3.8) is 0 Å². The van der Waals surface area contributed by atoms with Crippen LogP contribution in [0, 0.1) is 5.82 Å². The minimum atomic E-state index is -4.50. The Balaban J connectivity index is 1.90. The summed E-state index contributed by atoms with van der Waals surface area (Å²) in [7, 11) is 0. The van der Waals surface area contributed by atoms with E-state index < -0.39 is 42.0 Å². The van der Waals surface area contributed by atoms with Crippen LogP contribution in [0.25, 0.3) is 0 Å². The molecule has 0 saturated heterocycles. The number of carbonyl (C=O) groups excluding carboxylic acids is 2. The van der Waals surface area contributed by atoms with Gasteiger partial charge >= 0.3 is 18.0 Å². The predicted molar refractivity (Wildman–Crippen MR) is 89.5 cm³/mol. The summed E-state index contributed by atoms with van der Waals surface area (Å²) in [5.74, 6) is -2.88. The Hall–Kier alpha value is -2.65. The van der Waals surface area contributed by atoms with E-state index in [0.29, 0.717) is 0 Å². The van der Waals surface area contributed by atoms with Gasteiger partial charge in [0.25, 0.3) is 0 Å². The number of nitrogens with one attached hydrogen (secondary N) is 2. The Morgan fingerprint density at radius 2 is 1.70 bits per heavy atom. The molecule has 27 heavy (non-hydrogen) atoms. The molecule has 0 aliphatic heterocycles. The number of alkyl halides is 3. The molecule has 0 aliphatic rings. The van der Waals surface area contributed by atoms with Crippen LogP contribution in [0.1, 0.15) is 17.2 Å². The van der Waals surface area contributed by atoms with E-state index in [1.54, 1.807) is 0 Å². The highest BCUT2D eigenvalue weighted by molar-refractivity contribution is 6.39. The molecule has 0 aliphatic carbocycles. The Morgan fingerprint density at radius 3 is 2.26 bits per heavy atom. The van der Waals surface area contributed by atoms with E-state index in [1.165, 1.54) is 6.07 Å². The number of aliphatic hydroxyl groups is 1. The number of benzene rings is 2. The van der Waals surface area contributed by atoms with Gasteiger partial charge in [0.05, 0.1) is 16.7 Å². The monoisotopic (exact) mass is 404 g/mol. The molecule has 2 amide bonds. The maximum atomic E-state index is 13.0. The van der Waals surface area contributed by atoms with E-state index in [2.05, 4.69) is 10.6 Å². The fourth-order valence-electron chi connectivity index (χ4n) is 2.04. The first kappa shape index (κ1) is 20.7. The van der Waals surface area contributed by atoms with Gasteiger partial charge in [0.15, 0.2) is 0 Å². The van der Waals surface area contributed by atoms with Crippen molar-refractivity contribution in [1.29, 1.82) is 0 Å². The molecule has 1 unspecified atom stereocenters. The van der Waals surface area contributed by atoms with Crippen LogP contribution in [-0.2, 0) is 15.8 Å². The van der Waals surface area contributed by atoms with Crippen LogP contribution in [0.15, 0.2) is 42.5 Å². The molecule has 5 nitrogen and oxygen atoms in total. The summed E-state index contributed by atoms with van der Waals surface area (Å²) in [5, 5.41) is 14.0. The number of anilines is 1. The van der Waals surface area contributed by atoms with Crippen LogP contribution in [-0.4, -0.2) is 23.5 Å². The average molecular weight is 405 g/mol. The molecule has 2 aromatic rings. The van der Waals surface area contributed by atoms with E-state index in [-0.39, 0.29) is 16.3 Å². The number of aliphatic hydroxyl groups excluding tert-OH is 1. The third kappa shape index (κ3) is 5.66. The zero-order chi connectivity index (χ0) is 20.2. The van der Waals surface area contributed by atoms with E-state index in [9.17, 15) is 32.3 Å². The van der Waals surface area contributed by atoms with Gasteiger partial charge in [0.2, 0.25) is 0 Å². The lowest BCUT2D eigenvalue weighted by atomic mass is 10.1. The fourth-order valence-corrected chi connectivity index (χ4v) is 2.22. The van der Waals surface area contributed by atoms with E-state index >= 15 is 0 Å². The highest BCUT2D eigenvalue weighted by Crippen LogP contribution is 2.29. The maximum absolute atomic E-state index is 13.0. The second-order valence-corrected chi connectivity index (χ2v) is 5.84. The summed E-state index contributed by atoms with van der Waals surface area (Å²) in [5.41, 5.74) is -0.654. The Bertz CT molecular complexity index is 841. The number of hydrogen-bond donors (Lipinski definition) is 3. The van der Waals surface area contributed by atoms with Gasteiger partial charge < -0.3 is 15.7 Å². The van der Waals surface area contributed by atoms with Crippen molar-refractivity contribution < 1.29 is 32.3 Å². The number of amides is 2. The van der Waals surface area contributed by atoms with Crippen LogP contribution in [0.3, 0.4) is 0 Å². The van der Waals surface area contributed by atoms with Crippen LogP contribution in [0.5, 0.6) is 0 Å². The topological polar surface area (TPSA) is 78.4 Å². The van der Waals surface area contributed by atoms with Gasteiger partial charge in [0, 0.05) is 12.2 Å². The summed E-state index contributed by atoms with van der Waals surface area (Å²) < 4.78 is 50.5. The molecule has 2 aromatic carbocycles. The minimum Gasteiger partial charge on any atom is -0.387 e. The van der Waals surface area contributed by atoms with Crippen molar-refractivity contribution in [3.8, 4) is 0 Å². The molecular weight excluding hydrogens is 392 g/mol. The molecular formula is C17H13ClF4N2O3. The summed E-state index contributed by atoms with van der Waals surface area (Å²) in [6, 6.07) is 7.05. The molecule has 0 heterocycles. The standard InChI is InChI=1S/C17H13ClF4N2O3/c18-12-7-11(5-6-13(12)19)24-16(27)15(26)23-8-14(25)9-1-3-10(4-2-9)17(20,21)22/h1-7,14,25H,8H2,(H,23,26)(H,24,27). The number of rotatable bonds is 4. The molecule has 0 saturated carbocycles. The van der Waals surface area contributed by atoms with Crippen molar-refractivity contribution in [3.05, 3.63) is 64.4 Å². The normalized spacial score (nSPS) is 12.4. The van der Waals surface area contributed by atoms with Crippen molar-refractivity contribution in [2.24, 2.45) is 0 Å². The third-order valence-corrected chi connectivity index (χ3v) is 3.75. The first-order valence-corrected chi connectivity index (χ1v) is 7.85. The molecule has 0 bridgehead atoms.